The summed E-state index contributed by atoms with van der Waals surface area (Å²) in [5.74, 6) is 2.05. The maximum Gasteiger partial charge on any atom is 0.321 e. The molecule has 1 fully saturated rings. The lowest BCUT2D eigenvalue weighted by molar-refractivity contribution is 0.242. The number of hydrogen-bond donors (Lipinski definition) is 1. The molecule has 4 rings (SSSR count). The number of aromatic nitrogens is 1. The number of nitrogens with one attached hydrogen (secondary N) is 1. The van der Waals surface area contributed by atoms with Crippen LogP contribution in [-0.4, -0.2) is 30.2 Å². The van der Waals surface area contributed by atoms with Crippen molar-refractivity contribution in [2.24, 2.45) is 0 Å². The van der Waals surface area contributed by atoms with Crippen LogP contribution >= 0.6 is 0 Å². The highest BCUT2D eigenvalue weighted by atomic mass is 16.5. The molecule has 0 radical (unpaired) electrons. The molecule has 0 bridgehead atoms. The Kier molecular flexibility index (Phi) is 7.02. The first-order valence-electron chi connectivity index (χ1n) is 11.8. The third kappa shape index (κ3) is 5.56. The molecule has 6 heteroatoms. The molecule has 2 aromatic carbocycles. The third-order valence-corrected chi connectivity index (χ3v) is 5.84. The van der Waals surface area contributed by atoms with Crippen molar-refractivity contribution in [3.8, 4) is 17.1 Å². The van der Waals surface area contributed by atoms with Gasteiger partial charge in [0.2, 0.25) is 0 Å². The summed E-state index contributed by atoms with van der Waals surface area (Å²) in [5, 5.41) is 2.85. The molecule has 2 heterocycles. The monoisotopic (exact) mass is 447 g/mol. The largest absolute Gasteiger partial charge is 0.491 e. The van der Waals surface area contributed by atoms with E-state index in [-0.39, 0.29) is 12.1 Å². The maximum absolute atomic E-state index is 12.2. The lowest BCUT2D eigenvalue weighted by Gasteiger charge is -2.18. The van der Waals surface area contributed by atoms with Crippen LogP contribution < -0.4 is 15.0 Å². The minimum atomic E-state index is -0.0978. The zero-order valence-electron chi connectivity index (χ0n) is 20.0. The van der Waals surface area contributed by atoms with Gasteiger partial charge in [-0.15, -0.1) is 0 Å². The molecule has 33 heavy (non-hydrogen) atoms. The molecule has 0 spiro atoms. The number of carbonyl (C=O) groups excluding carboxylic acids is 1. The lowest BCUT2D eigenvalue weighted by atomic mass is 9.99. The van der Waals surface area contributed by atoms with Gasteiger partial charge in [-0.3, -0.25) is 4.90 Å². The fraction of sp³-hybridized carbons (Fsp3) is 0.407. The highest BCUT2D eigenvalue weighted by molar-refractivity contribution is 5.95. The molecule has 1 aromatic heterocycles. The summed E-state index contributed by atoms with van der Waals surface area (Å²) < 4.78 is 12.1. The van der Waals surface area contributed by atoms with Crippen molar-refractivity contribution < 1.29 is 13.9 Å². The Morgan fingerprint density at radius 2 is 2.06 bits per heavy atom. The average Bonchev–Trinajstić information content (AvgIpc) is 3.42. The Labute approximate surface area is 196 Å². The van der Waals surface area contributed by atoms with Gasteiger partial charge >= 0.3 is 6.03 Å². The van der Waals surface area contributed by atoms with E-state index in [1.165, 1.54) is 29.5 Å². The number of aryl methyl sites for hydroxylation is 2. The third-order valence-electron chi connectivity index (χ3n) is 5.84. The predicted molar refractivity (Wildman–Crippen MR) is 131 cm³/mol. The van der Waals surface area contributed by atoms with Crippen molar-refractivity contribution in [1.29, 1.82) is 0 Å². The van der Waals surface area contributed by atoms with Crippen molar-refractivity contribution in [1.82, 2.24) is 10.3 Å². The van der Waals surface area contributed by atoms with Crippen LogP contribution in [0.15, 0.2) is 47.0 Å². The number of unbranched alkanes of at least 4 members (excludes halogenated alkanes) is 1. The van der Waals surface area contributed by atoms with Crippen LogP contribution in [0, 0.1) is 6.92 Å². The topological polar surface area (TPSA) is 67.6 Å². The zero-order chi connectivity index (χ0) is 23.4. The standard InChI is InChI=1S/C27H33N3O3/c1-5-6-7-20-9-8-19(4)21(12-20)15-26-29-17-25(33-26)22-13-23(30-11-10-28-27(30)31)16-24(14-22)32-18(2)3/h8-9,12-14,16-18H,5-7,10-11,15H2,1-4H3,(H,28,31). The fourth-order valence-corrected chi connectivity index (χ4v) is 4.08. The van der Waals surface area contributed by atoms with Crippen LogP contribution in [0.25, 0.3) is 11.3 Å². The van der Waals surface area contributed by atoms with Gasteiger partial charge in [-0.25, -0.2) is 9.78 Å². The van der Waals surface area contributed by atoms with Crippen LogP contribution in [0.5, 0.6) is 5.75 Å². The number of rotatable bonds is 9. The zero-order valence-corrected chi connectivity index (χ0v) is 20.0. The van der Waals surface area contributed by atoms with Gasteiger partial charge in [0.25, 0.3) is 0 Å². The SMILES string of the molecule is CCCCc1ccc(C)c(Cc2ncc(-c3cc(OC(C)C)cc(N4CCNC4=O)c3)o2)c1. The number of oxazole rings is 1. The van der Waals surface area contributed by atoms with Crippen LogP contribution in [0.4, 0.5) is 10.5 Å². The van der Waals surface area contributed by atoms with Crippen LogP contribution in [0.2, 0.25) is 0 Å². The van der Waals surface area contributed by atoms with Crippen LogP contribution in [0.1, 0.15) is 56.2 Å². The second-order valence-electron chi connectivity index (χ2n) is 8.93. The molecular weight excluding hydrogens is 414 g/mol. The van der Waals surface area contributed by atoms with Gasteiger partial charge in [0, 0.05) is 36.8 Å². The van der Waals surface area contributed by atoms with E-state index in [0.29, 0.717) is 36.9 Å². The molecule has 6 nitrogen and oxygen atoms in total. The molecule has 174 valence electrons. The van der Waals surface area contributed by atoms with E-state index < -0.39 is 0 Å². The van der Waals surface area contributed by atoms with E-state index >= 15 is 0 Å². The number of urea groups is 1. The van der Waals surface area contributed by atoms with Gasteiger partial charge in [0.1, 0.15) is 5.75 Å². The maximum atomic E-state index is 12.2. The highest BCUT2D eigenvalue weighted by Gasteiger charge is 2.23. The average molecular weight is 448 g/mol. The van der Waals surface area contributed by atoms with Gasteiger partial charge in [-0.2, -0.15) is 0 Å². The number of hydrogen-bond acceptors (Lipinski definition) is 4. The van der Waals surface area contributed by atoms with Crippen molar-refractivity contribution in [3.63, 3.8) is 0 Å². The van der Waals surface area contributed by atoms with Crippen LogP contribution in [0.3, 0.4) is 0 Å². The molecule has 0 unspecified atom stereocenters. The summed E-state index contributed by atoms with van der Waals surface area (Å²) in [6, 6.07) is 12.4. The van der Waals surface area contributed by atoms with Gasteiger partial charge in [0.05, 0.1) is 12.3 Å². The van der Waals surface area contributed by atoms with Crippen molar-refractivity contribution in [3.05, 3.63) is 65.2 Å². The number of benzene rings is 2. The summed E-state index contributed by atoms with van der Waals surface area (Å²) in [6.45, 7) is 9.57. The molecule has 3 aromatic rings. The molecule has 1 N–H and O–H groups in total. The second-order valence-corrected chi connectivity index (χ2v) is 8.93. The molecule has 0 atom stereocenters. The van der Waals surface area contributed by atoms with E-state index in [1.807, 2.05) is 32.0 Å². The second kappa shape index (κ2) is 10.1. The Balaban J connectivity index is 1.60. The minimum Gasteiger partial charge on any atom is -0.491 e. The predicted octanol–water partition coefficient (Wildman–Crippen LogP) is 5.90. The number of amides is 2. The summed E-state index contributed by atoms with van der Waals surface area (Å²) in [6.07, 6.45) is 5.90. The Morgan fingerprint density at radius 1 is 1.21 bits per heavy atom. The number of anilines is 1. The normalized spacial score (nSPS) is 13.6. The molecule has 1 saturated heterocycles. The van der Waals surface area contributed by atoms with E-state index in [4.69, 9.17) is 9.15 Å². The van der Waals surface area contributed by atoms with E-state index in [2.05, 4.69) is 42.3 Å². The first kappa shape index (κ1) is 22.9. The summed E-state index contributed by atoms with van der Waals surface area (Å²) >= 11 is 0. The summed E-state index contributed by atoms with van der Waals surface area (Å²) in [4.78, 5) is 18.5. The quantitative estimate of drug-likeness (QED) is 0.443. The van der Waals surface area contributed by atoms with E-state index in [9.17, 15) is 4.79 Å². The molecule has 1 aliphatic heterocycles. The smallest absolute Gasteiger partial charge is 0.321 e. The van der Waals surface area contributed by atoms with Gasteiger partial charge in [0.15, 0.2) is 11.7 Å². The summed E-state index contributed by atoms with van der Waals surface area (Å²) in [5.41, 5.74) is 5.47. The van der Waals surface area contributed by atoms with Crippen molar-refractivity contribution in [2.45, 2.75) is 59.5 Å². The van der Waals surface area contributed by atoms with Crippen LogP contribution in [-0.2, 0) is 12.8 Å². The fourth-order valence-electron chi connectivity index (χ4n) is 4.08. The summed E-state index contributed by atoms with van der Waals surface area (Å²) in [7, 11) is 0. The first-order chi connectivity index (χ1) is 15.9. The van der Waals surface area contributed by atoms with Gasteiger partial charge in [-0.1, -0.05) is 31.5 Å². The van der Waals surface area contributed by atoms with E-state index in [0.717, 1.165) is 17.7 Å². The molecule has 0 saturated carbocycles. The number of nitrogens with zero attached hydrogens (tertiary/aromatic N) is 2. The minimum absolute atomic E-state index is 0.0220. The first-order valence-corrected chi connectivity index (χ1v) is 11.8. The Hall–Kier alpha value is -3.28. The molecule has 0 aliphatic carbocycles. The van der Waals surface area contributed by atoms with Gasteiger partial charge in [-0.05, 0) is 62.4 Å². The lowest BCUT2D eigenvalue weighted by Crippen LogP contribution is -2.27. The van der Waals surface area contributed by atoms with Crippen molar-refractivity contribution >= 4 is 11.7 Å². The molecule has 2 amide bonds. The van der Waals surface area contributed by atoms with E-state index in [1.54, 1.807) is 11.1 Å². The number of carbonyl (C=O) groups is 1. The van der Waals surface area contributed by atoms with Crippen molar-refractivity contribution in [2.75, 3.05) is 18.0 Å². The number of ether oxygens (including phenoxy) is 1. The Morgan fingerprint density at radius 3 is 2.79 bits per heavy atom. The van der Waals surface area contributed by atoms with Gasteiger partial charge < -0.3 is 14.5 Å². The Bertz CT molecular complexity index is 1120. The molecule has 1 aliphatic rings. The molecular formula is C27H33N3O3. The highest BCUT2D eigenvalue weighted by Crippen LogP contribution is 2.32.